The van der Waals surface area contributed by atoms with E-state index in [2.05, 4.69) is 11.4 Å². The van der Waals surface area contributed by atoms with E-state index in [0.29, 0.717) is 5.56 Å². The molecule has 4 rings (SSSR count). The summed E-state index contributed by atoms with van der Waals surface area (Å²) in [7, 11) is 0. The van der Waals surface area contributed by atoms with Crippen molar-refractivity contribution in [1.82, 2.24) is 10.2 Å². The number of imide groups is 1. The van der Waals surface area contributed by atoms with Crippen molar-refractivity contribution in [3.63, 3.8) is 0 Å². The number of rotatable bonds is 3. The molecule has 2 aliphatic rings. The molecular weight excluding hydrogens is 330 g/mol. The van der Waals surface area contributed by atoms with Crippen LogP contribution in [0.4, 0.5) is 10.5 Å². The zero-order chi connectivity index (χ0) is 18.3. The fourth-order valence-electron chi connectivity index (χ4n) is 3.56. The second kappa shape index (κ2) is 6.29. The second-order valence-corrected chi connectivity index (χ2v) is 6.69. The smallest absolute Gasteiger partial charge is 0.324 e. The van der Waals surface area contributed by atoms with Crippen LogP contribution in [0, 0.1) is 0 Å². The first-order valence-electron chi connectivity index (χ1n) is 8.63. The largest absolute Gasteiger partial charge is 0.329 e. The Balaban J connectivity index is 1.53. The number of anilines is 1. The predicted octanol–water partition coefficient (Wildman–Crippen LogP) is 2.33. The highest BCUT2D eigenvalue weighted by Gasteiger charge is 2.31. The maximum absolute atomic E-state index is 13.0. The fraction of sp³-hybridized carbons (Fsp3) is 0.250. The molecule has 4 amide bonds. The Hall–Kier alpha value is -3.15. The highest BCUT2D eigenvalue weighted by atomic mass is 16.2. The molecular formula is C20H19N3O3. The topological polar surface area (TPSA) is 69.7 Å². The van der Waals surface area contributed by atoms with Gasteiger partial charge in [0.05, 0.1) is 13.1 Å². The van der Waals surface area contributed by atoms with Crippen molar-refractivity contribution in [2.45, 2.75) is 25.9 Å². The molecule has 0 aromatic heterocycles. The monoisotopic (exact) mass is 349 g/mol. The number of carbonyl (C=O) groups is 3. The Morgan fingerprint density at radius 3 is 2.54 bits per heavy atom. The lowest BCUT2D eigenvalue weighted by molar-refractivity contribution is -0.125. The molecule has 2 aromatic carbocycles. The first kappa shape index (κ1) is 16.3. The number of para-hydroxylation sites is 1. The van der Waals surface area contributed by atoms with Crippen molar-refractivity contribution in [3.05, 3.63) is 65.2 Å². The normalized spacial score (nSPS) is 18.9. The van der Waals surface area contributed by atoms with Crippen LogP contribution in [-0.4, -0.2) is 35.3 Å². The van der Waals surface area contributed by atoms with Crippen molar-refractivity contribution in [2.75, 3.05) is 11.4 Å². The third kappa shape index (κ3) is 2.73. The minimum atomic E-state index is -0.377. The number of nitrogens with one attached hydrogen (secondary N) is 1. The van der Waals surface area contributed by atoms with Gasteiger partial charge in [-0.3, -0.25) is 14.5 Å². The highest BCUT2D eigenvalue weighted by molar-refractivity contribution is 6.07. The van der Waals surface area contributed by atoms with E-state index >= 15 is 0 Å². The summed E-state index contributed by atoms with van der Waals surface area (Å²) in [5, 5.41) is 2.50. The maximum Gasteiger partial charge on any atom is 0.324 e. The third-order valence-corrected chi connectivity index (χ3v) is 4.90. The van der Waals surface area contributed by atoms with E-state index in [-0.39, 0.29) is 37.0 Å². The van der Waals surface area contributed by atoms with Gasteiger partial charge in [0.25, 0.3) is 5.91 Å². The number of fused-ring (bicyclic) bond motifs is 1. The van der Waals surface area contributed by atoms with Gasteiger partial charge in [-0.25, -0.2) is 4.79 Å². The Bertz CT molecular complexity index is 875. The zero-order valence-electron chi connectivity index (χ0n) is 14.4. The van der Waals surface area contributed by atoms with E-state index in [9.17, 15) is 14.4 Å². The number of benzene rings is 2. The average Bonchev–Trinajstić information content (AvgIpc) is 3.14. The number of amides is 4. The SMILES string of the molecule is CC1Cc2ccccc2N1C(=O)c1ccc(CN2C(=O)CNC2=O)cc1. The molecule has 1 unspecified atom stereocenters. The van der Waals surface area contributed by atoms with Crippen LogP contribution in [0.2, 0.25) is 0 Å². The van der Waals surface area contributed by atoms with Gasteiger partial charge in [0, 0.05) is 17.3 Å². The van der Waals surface area contributed by atoms with Gasteiger partial charge in [0.2, 0.25) is 5.91 Å². The zero-order valence-corrected chi connectivity index (χ0v) is 14.4. The molecule has 1 saturated heterocycles. The number of carbonyl (C=O) groups excluding carboxylic acids is 3. The third-order valence-electron chi connectivity index (χ3n) is 4.90. The van der Waals surface area contributed by atoms with Crippen LogP contribution in [0.3, 0.4) is 0 Å². The number of nitrogens with zero attached hydrogens (tertiary/aromatic N) is 2. The molecule has 0 spiro atoms. The van der Waals surface area contributed by atoms with E-state index in [1.54, 1.807) is 24.3 Å². The predicted molar refractivity (Wildman–Crippen MR) is 96.8 cm³/mol. The van der Waals surface area contributed by atoms with Crippen molar-refractivity contribution >= 4 is 23.5 Å². The summed E-state index contributed by atoms with van der Waals surface area (Å²) in [6, 6.07) is 14.8. The Kier molecular flexibility index (Phi) is 3.95. The quantitative estimate of drug-likeness (QED) is 0.865. The lowest BCUT2D eigenvalue weighted by Gasteiger charge is -2.23. The number of urea groups is 1. The molecule has 6 heteroatoms. The molecule has 132 valence electrons. The van der Waals surface area contributed by atoms with Crippen LogP contribution in [-0.2, 0) is 17.8 Å². The van der Waals surface area contributed by atoms with Crippen LogP contribution >= 0.6 is 0 Å². The lowest BCUT2D eigenvalue weighted by atomic mass is 10.1. The maximum atomic E-state index is 13.0. The van der Waals surface area contributed by atoms with Crippen LogP contribution in [0.25, 0.3) is 0 Å². The first-order chi connectivity index (χ1) is 12.5. The molecule has 2 heterocycles. The fourth-order valence-corrected chi connectivity index (χ4v) is 3.56. The molecule has 2 aliphatic heterocycles. The van der Waals surface area contributed by atoms with Gasteiger partial charge < -0.3 is 10.2 Å². The van der Waals surface area contributed by atoms with Crippen LogP contribution in [0.1, 0.15) is 28.4 Å². The van der Waals surface area contributed by atoms with E-state index in [1.165, 1.54) is 10.5 Å². The summed E-state index contributed by atoms with van der Waals surface area (Å²) in [4.78, 5) is 39.3. The summed E-state index contributed by atoms with van der Waals surface area (Å²) < 4.78 is 0. The molecule has 1 N–H and O–H groups in total. The van der Waals surface area contributed by atoms with Crippen molar-refractivity contribution in [3.8, 4) is 0 Å². The van der Waals surface area contributed by atoms with Crippen LogP contribution in [0.15, 0.2) is 48.5 Å². The van der Waals surface area contributed by atoms with Gasteiger partial charge in [-0.2, -0.15) is 0 Å². The molecule has 6 nitrogen and oxygen atoms in total. The Morgan fingerprint density at radius 1 is 1.12 bits per heavy atom. The van der Waals surface area contributed by atoms with E-state index < -0.39 is 0 Å². The second-order valence-electron chi connectivity index (χ2n) is 6.69. The summed E-state index contributed by atoms with van der Waals surface area (Å²) in [5.41, 5.74) is 3.55. The molecule has 1 fully saturated rings. The van der Waals surface area contributed by atoms with Gasteiger partial charge in [-0.05, 0) is 42.7 Å². The van der Waals surface area contributed by atoms with E-state index in [1.807, 2.05) is 30.0 Å². The molecule has 0 saturated carbocycles. The van der Waals surface area contributed by atoms with Gasteiger partial charge in [-0.15, -0.1) is 0 Å². The molecule has 0 aliphatic carbocycles. The summed E-state index contributed by atoms with van der Waals surface area (Å²) in [5.74, 6) is -0.276. The van der Waals surface area contributed by atoms with E-state index in [0.717, 1.165) is 17.7 Å². The minimum Gasteiger partial charge on any atom is -0.329 e. The van der Waals surface area contributed by atoms with Gasteiger partial charge in [0.1, 0.15) is 0 Å². The van der Waals surface area contributed by atoms with Crippen LogP contribution < -0.4 is 10.2 Å². The van der Waals surface area contributed by atoms with Gasteiger partial charge in [0.15, 0.2) is 0 Å². The number of hydrogen-bond donors (Lipinski definition) is 1. The summed E-state index contributed by atoms with van der Waals surface area (Å²) in [6.07, 6.45) is 0.853. The molecule has 26 heavy (non-hydrogen) atoms. The molecule has 2 aromatic rings. The molecule has 0 bridgehead atoms. The van der Waals surface area contributed by atoms with Crippen molar-refractivity contribution in [1.29, 1.82) is 0 Å². The lowest BCUT2D eigenvalue weighted by Crippen LogP contribution is -2.35. The molecule has 0 radical (unpaired) electrons. The van der Waals surface area contributed by atoms with Crippen molar-refractivity contribution in [2.24, 2.45) is 0 Å². The Morgan fingerprint density at radius 2 is 1.85 bits per heavy atom. The van der Waals surface area contributed by atoms with Gasteiger partial charge in [-0.1, -0.05) is 30.3 Å². The van der Waals surface area contributed by atoms with E-state index in [4.69, 9.17) is 0 Å². The number of hydrogen-bond acceptors (Lipinski definition) is 3. The summed E-state index contributed by atoms with van der Waals surface area (Å²) >= 11 is 0. The van der Waals surface area contributed by atoms with Crippen LogP contribution in [0.5, 0.6) is 0 Å². The highest BCUT2D eigenvalue weighted by Crippen LogP contribution is 2.33. The Labute approximate surface area is 151 Å². The van der Waals surface area contributed by atoms with Crippen molar-refractivity contribution < 1.29 is 14.4 Å². The first-order valence-corrected chi connectivity index (χ1v) is 8.63. The standard InChI is InChI=1S/C20H19N3O3/c1-13-10-16-4-2-3-5-17(16)23(13)19(25)15-8-6-14(7-9-15)12-22-18(24)11-21-20(22)26/h2-9,13H,10-12H2,1H3,(H,21,26). The average molecular weight is 349 g/mol. The van der Waals surface area contributed by atoms with Gasteiger partial charge >= 0.3 is 6.03 Å². The minimum absolute atomic E-state index is 0.0380. The summed E-state index contributed by atoms with van der Waals surface area (Å²) in [6.45, 7) is 2.30. The molecule has 1 atom stereocenters.